The number of rotatable bonds is 11. The summed E-state index contributed by atoms with van der Waals surface area (Å²) in [6.45, 7) is 8.75. The number of hydrogen-bond donors (Lipinski definition) is 1. The van der Waals surface area contributed by atoms with Crippen LogP contribution in [0.1, 0.15) is 51.2 Å². The molecule has 0 fully saturated rings. The summed E-state index contributed by atoms with van der Waals surface area (Å²) >= 11 is 0. The molecular weight excluding hydrogens is 310 g/mol. The van der Waals surface area contributed by atoms with E-state index in [0.717, 1.165) is 37.6 Å². The van der Waals surface area contributed by atoms with Gasteiger partial charge in [0.2, 0.25) is 0 Å². The van der Waals surface area contributed by atoms with Gasteiger partial charge in [-0.15, -0.1) is 0 Å². The first-order valence-electron chi connectivity index (χ1n) is 9.35. The van der Waals surface area contributed by atoms with Gasteiger partial charge in [0.1, 0.15) is 11.5 Å². The van der Waals surface area contributed by atoms with E-state index in [2.05, 4.69) is 42.6 Å². The van der Waals surface area contributed by atoms with Gasteiger partial charge in [0.05, 0.1) is 12.7 Å². The lowest BCUT2D eigenvalue weighted by atomic mass is 10.2. The zero-order valence-corrected chi connectivity index (χ0v) is 15.8. The summed E-state index contributed by atoms with van der Waals surface area (Å²) in [4.78, 5) is 0. The zero-order valence-electron chi connectivity index (χ0n) is 15.8. The quantitative estimate of drug-likeness (QED) is 0.560. The largest absolute Gasteiger partial charge is 0.494 e. The second-order valence-electron chi connectivity index (χ2n) is 6.62. The van der Waals surface area contributed by atoms with Gasteiger partial charge in [0.15, 0.2) is 0 Å². The minimum Gasteiger partial charge on any atom is -0.494 e. The fourth-order valence-electron chi connectivity index (χ4n) is 2.60. The van der Waals surface area contributed by atoms with E-state index in [4.69, 9.17) is 9.47 Å². The van der Waals surface area contributed by atoms with Gasteiger partial charge in [0.25, 0.3) is 0 Å². The van der Waals surface area contributed by atoms with E-state index in [1.807, 2.05) is 32.0 Å². The van der Waals surface area contributed by atoms with Crippen molar-refractivity contribution in [2.75, 3.05) is 6.61 Å². The number of hydrogen-bond acceptors (Lipinski definition) is 3. The van der Waals surface area contributed by atoms with E-state index in [1.165, 1.54) is 24.0 Å². The minimum atomic E-state index is 0.209. The monoisotopic (exact) mass is 341 g/mol. The number of benzene rings is 2. The Morgan fingerprint density at radius 1 is 0.880 bits per heavy atom. The number of nitrogens with one attached hydrogen (secondary N) is 1. The highest BCUT2D eigenvalue weighted by molar-refractivity contribution is 5.29. The van der Waals surface area contributed by atoms with Crippen LogP contribution in [0.4, 0.5) is 0 Å². The summed E-state index contributed by atoms with van der Waals surface area (Å²) in [6, 6.07) is 16.6. The second-order valence-corrected chi connectivity index (χ2v) is 6.62. The molecule has 0 saturated carbocycles. The summed E-state index contributed by atoms with van der Waals surface area (Å²) < 4.78 is 11.5. The molecule has 0 aliphatic carbocycles. The van der Waals surface area contributed by atoms with Crippen LogP contribution in [0, 0.1) is 0 Å². The molecular formula is C22H31NO2. The Labute approximate surface area is 152 Å². The summed E-state index contributed by atoms with van der Waals surface area (Å²) in [5, 5.41) is 3.49. The van der Waals surface area contributed by atoms with Crippen LogP contribution in [0.2, 0.25) is 0 Å². The van der Waals surface area contributed by atoms with E-state index in [-0.39, 0.29) is 6.10 Å². The maximum atomic E-state index is 5.82. The van der Waals surface area contributed by atoms with Crippen molar-refractivity contribution >= 4 is 0 Å². The van der Waals surface area contributed by atoms with Crippen molar-refractivity contribution in [3.63, 3.8) is 0 Å². The van der Waals surface area contributed by atoms with Gasteiger partial charge >= 0.3 is 0 Å². The van der Waals surface area contributed by atoms with Crippen LogP contribution in [0.25, 0.3) is 0 Å². The van der Waals surface area contributed by atoms with Crippen LogP contribution < -0.4 is 14.8 Å². The Hall–Kier alpha value is -2.00. The van der Waals surface area contributed by atoms with Gasteiger partial charge in [-0.05, 0) is 55.7 Å². The van der Waals surface area contributed by atoms with Crippen LogP contribution in [0.15, 0.2) is 48.5 Å². The Balaban J connectivity index is 1.75. The molecule has 2 aromatic rings. The summed E-state index contributed by atoms with van der Waals surface area (Å²) in [6.07, 6.45) is 3.77. The highest BCUT2D eigenvalue weighted by Crippen LogP contribution is 2.15. The van der Waals surface area contributed by atoms with Gasteiger partial charge in [0, 0.05) is 13.1 Å². The smallest absolute Gasteiger partial charge is 0.119 e. The fraction of sp³-hybridized carbons (Fsp3) is 0.455. The van der Waals surface area contributed by atoms with Crippen LogP contribution >= 0.6 is 0 Å². The normalized spacial score (nSPS) is 10.9. The van der Waals surface area contributed by atoms with Crippen molar-refractivity contribution in [3.8, 4) is 11.5 Å². The molecule has 0 spiro atoms. The van der Waals surface area contributed by atoms with E-state index < -0.39 is 0 Å². The minimum absolute atomic E-state index is 0.209. The molecule has 2 aromatic carbocycles. The molecule has 25 heavy (non-hydrogen) atoms. The second kappa shape index (κ2) is 10.8. The molecule has 1 N–H and O–H groups in total. The first-order valence-corrected chi connectivity index (χ1v) is 9.35. The third kappa shape index (κ3) is 7.61. The SMILES string of the molecule is CCCCCOc1cccc(CNCc2ccc(OC(C)C)cc2)c1. The highest BCUT2D eigenvalue weighted by Gasteiger charge is 2.00. The van der Waals surface area contributed by atoms with Crippen molar-refractivity contribution in [2.24, 2.45) is 0 Å². The highest BCUT2D eigenvalue weighted by atomic mass is 16.5. The fourth-order valence-corrected chi connectivity index (χ4v) is 2.60. The Kier molecular flexibility index (Phi) is 8.33. The topological polar surface area (TPSA) is 30.5 Å². The third-order valence-corrected chi connectivity index (χ3v) is 3.87. The Morgan fingerprint density at radius 3 is 2.36 bits per heavy atom. The molecule has 136 valence electrons. The molecule has 0 aromatic heterocycles. The molecule has 0 aliphatic rings. The maximum absolute atomic E-state index is 5.82. The van der Waals surface area contributed by atoms with Crippen LogP contribution in [0.5, 0.6) is 11.5 Å². The molecule has 3 nitrogen and oxygen atoms in total. The summed E-state index contributed by atoms with van der Waals surface area (Å²) in [5.74, 6) is 1.89. The van der Waals surface area contributed by atoms with E-state index in [0.29, 0.717) is 0 Å². The predicted molar refractivity (Wildman–Crippen MR) is 104 cm³/mol. The van der Waals surface area contributed by atoms with Gasteiger partial charge < -0.3 is 14.8 Å². The molecule has 0 heterocycles. The van der Waals surface area contributed by atoms with Crippen molar-refractivity contribution in [1.82, 2.24) is 5.32 Å². The number of unbranched alkanes of at least 4 members (excludes halogenated alkanes) is 2. The van der Waals surface area contributed by atoms with Gasteiger partial charge in [-0.25, -0.2) is 0 Å². The molecule has 2 rings (SSSR count). The molecule has 0 saturated heterocycles. The lowest BCUT2D eigenvalue weighted by Crippen LogP contribution is -2.13. The molecule has 3 heteroatoms. The van der Waals surface area contributed by atoms with Gasteiger partial charge in [-0.1, -0.05) is 44.0 Å². The predicted octanol–water partition coefficient (Wildman–Crippen LogP) is 5.33. The first kappa shape index (κ1) is 19.3. The molecule has 0 amide bonds. The van der Waals surface area contributed by atoms with Gasteiger partial charge in [-0.3, -0.25) is 0 Å². The van der Waals surface area contributed by atoms with E-state index in [1.54, 1.807) is 0 Å². The Bertz CT molecular complexity index is 608. The zero-order chi connectivity index (χ0) is 17.9. The van der Waals surface area contributed by atoms with Gasteiger partial charge in [-0.2, -0.15) is 0 Å². The summed E-state index contributed by atoms with van der Waals surface area (Å²) in [7, 11) is 0. The van der Waals surface area contributed by atoms with E-state index in [9.17, 15) is 0 Å². The molecule has 0 aliphatic heterocycles. The van der Waals surface area contributed by atoms with Crippen molar-refractivity contribution in [1.29, 1.82) is 0 Å². The van der Waals surface area contributed by atoms with Crippen LogP contribution in [-0.2, 0) is 13.1 Å². The van der Waals surface area contributed by atoms with Crippen molar-refractivity contribution < 1.29 is 9.47 Å². The lowest BCUT2D eigenvalue weighted by molar-refractivity contribution is 0.242. The van der Waals surface area contributed by atoms with Crippen LogP contribution in [0.3, 0.4) is 0 Å². The maximum Gasteiger partial charge on any atom is 0.119 e. The molecule has 0 unspecified atom stereocenters. The first-order chi connectivity index (χ1) is 12.2. The van der Waals surface area contributed by atoms with Crippen molar-refractivity contribution in [2.45, 2.75) is 59.2 Å². The molecule has 0 radical (unpaired) electrons. The average Bonchev–Trinajstić information content (AvgIpc) is 2.60. The van der Waals surface area contributed by atoms with Crippen LogP contribution in [-0.4, -0.2) is 12.7 Å². The standard InChI is InChI=1S/C22H31NO2/c1-4-5-6-14-24-22-9-7-8-20(15-22)17-23-16-19-10-12-21(13-11-19)25-18(2)3/h7-13,15,18,23H,4-6,14,16-17H2,1-3H3. The number of ether oxygens (including phenoxy) is 2. The van der Waals surface area contributed by atoms with Crippen molar-refractivity contribution in [3.05, 3.63) is 59.7 Å². The molecule has 0 bridgehead atoms. The average molecular weight is 341 g/mol. The Morgan fingerprint density at radius 2 is 1.64 bits per heavy atom. The third-order valence-electron chi connectivity index (χ3n) is 3.87. The van der Waals surface area contributed by atoms with E-state index >= 15 is 0 Å². The summed E-state index contributed by atoms with van der Waals surface area (Å²) in [5.41, 5.74) is 2.50. The molecule has 0 atom stereocenters. The lowest BCUT2D eigenvalue weighted by Gasteiger charge is -2.11.